The van der Waals surface area contributed by atoms with Gasteiger partial charge in [-0.05, 0) is 46.6 Å². The normalized spacial score (nSPS) is 13.1. The van der Waals surface area contributed by atoms with E-state index in [1.165, 1.54) is 0 Å². The predicted molar refractivity (Wildman–Crippen MR) is 60.7 cm³/mol. The molecule has 0 saturated carbocycles. The van der Waals surface area contributed by atoms with Gasteiger partial charge in [-0.3, -0.25) is 0 Å². The van der Waals surface area contributed by atoms with E-state index in [0.29, 0.717) is 0 Å². The highest BCUT2D eigenvalue weighted by atomic mass is 32.2. The number of fused-ring (bicyclic) bond motifs is 1. The largest absolute Gasteiger partial charge is 0.612 e. The van der Waals surface area contributed by atoms with E-state index in [2.05, 4.69) is 6.92 Å². The lowest BCUT2D eigenvalue weighted by Crippen LogP contribution is -1.96. The number of hydrogen-bond acceptors (Lipinski definition) is 1. The van der Waals surface area contributed by atoms with Crippen molar-refractivity contribution in [1.29, 1.82) is 0 Å². The second-order valence-electron chi connectivity index (χ2n) is 3.25. The minimum Gasteiger partial charge on any atom is -0.612 e. The van der Waals surface area contributed by atoms with Gasteiger partial charge in [-0.1, -0.05) is 18.2 Å². The van der Waals surface area contributed by atoms with E-state index in [4.69, 9.17) is 0 Å². The molecular weight excluding hydrogens is 192 g/mol. The minimum absolute atomic E-state index is 0.864. The molecule has 0 N–H and O–H groups in total. The molecule has 0 saturated heterocycles. The lowest BCUT2D eigenvalue weighted by Gasteiger charge is -2.06. The molecule has 1 radical (unpaired) electrons. The molecule has 0 aliphatic heterocycles. The Balaban J connectivity index is 2.67. The molecule has 2 heteroatoms. The summed E-state index contributed by atoms with van der Waals surface area (Å²) in [7, 11) is 0. The van der Waals surface area contributed by atoms with Crippen LogP contribution < -0.4 is 0 Å². The first kappa shape index (κ1) is 9.56. The summed E-state index contributed by atoms with van der Waals surface area (Å²) in [5, 5.41) is 2.23. The molecule has 14 heavy (non-hydrogen) atoms. The van der Waals surface area contributed by atoms with Gasteiger partial charge in [0.05, 0.1) is 0 Å². The lowest BCUT2D eigenvalue weighted by atomic mass is 10.1. The topological polar surface area (TPSA) is 23.1 Å². The zero-order valence-corrected chi connectivity index (χ0v) is 8.80. The molecule has 0 aromatic heterocycles. The van der Waals surface area contributed by atoms with E-state index in [1.807, 2.05) is 36.4 Å². The van der Waals surface area contributed by atoms with Gasteiger partial charge in [0.2, 0.25) is 0 Å². The summed E-state index contributed by atoms with van der Waals surface area (Å²) >= 11 is -0.912. The molecule has 1 unspecified atom stereocenters. The highest BCUT2D eigenvalue weighted by Gasteiger charge is 2.05. The summed E-state index contributed by atoms with van der Waals surface area (Å²) in [4.78, 5) is 0.864. The van der Waals surface area contributed by atoms with E-state index in [9.17, 15) is 4.55 Å². The van der Waals surface area contributed by atoms with Crippen LogP contribution in [0.25, 0.3) is 10.8 Å². The van der Waals surface area contributed by atoms with Crippen LogP contribution in [0.4, 0.5) is 0 Å². The van der Waals surface area contributed by atoms with E-state index >= 15 is 0 Å². The molecule has 0 spiro atoms. The maximum atomic E-state index is 11.3. The Bertz CT molecular complexity index is 463. The quantitative estimate of drug-likeness (QED) is 0.653. The number of benzene rings is 2. The van der Waals surface area contributed by atoms with Crippen LogP contribution >= 0.6 is 0 Å². The van der Waals surface area contributed by atoms with Crippen LogP contribution in [0.1, 0.15) is 5.56 Å². The first-order valence-electron chi connectivity index (χ1n) is 4.36. The summed E-state index contributed by atoms with van der Waals surface area (Å²) in [5.74, 6) is 0. The zero-order valence-electron chi connectivity index (χ0n) is 7.99. The first-order chi connectivity index (χ1) is 6.68. The third-order valence-electron chi connectivity index (χ3n) is 2.27. The Morgan fingerprint density at radius 3 is 2.71 bits per heavy atom. The predicted octanol–water partition coefficient (Wildman–Crippen LogP) is 2.76. The Labute approximate surface area is 86.9 Å². The Morgan fingerprint density at radius 2 is 2.00 bits per heavy atom. The first-order valence-corrected chi connectivity index (χ1v) is 5.92. The molecule has 0 aliphatic rings. The van der Waals surface area contributed by atoms with Crippen LogP contribution in [0.5, 0.6) is 0 Å². The molecule has 2 rings (SSSR count). The van der Waals surface area contributed by atoms with Crippen LogP contribution in [-0.2, 0) is 11.2 Å². The fourth-order valence-corrected chi connectivity index (χ4v) is 2.06. The van der Waals surface area contributed by atoms with Crippen molar-refractivity contribution in [3.8, 4) is 0 Å². The van der Waals surface area contributed by atoms with Crippen LogP contribution in [0, 0.1) is 6.92 Å². The Morgan fingerprint density at radius 1 is 1.21 bits per heavy atom. The maximum Gasteiger partial charge on any atom is 0.153 e. The average molecular weight is 203 g/mol. The maximum absolute atomic E-state index is 11.3. The van der Waals surface area contributed by atoms with Gasteiger partial charge in [-0.15, -0.1) is 0 Å². The van der Waals surface area contributed by atoms with Gasteiger partial charge in [0.15, 0.2) is 4.90 Å². The molecular formula is C12H11OS. The van der Waals surface area contributed by atoms with Crippen LogP contribution in [0.15, 0.2) is 41.3 Å². The minimum atomic E-state index is -0.912. The van der Waals surface area contributed by atoms with Gasteiger partial charge < -0.3 is 4.55 Å². The SMILES string of the molecule is [CH2]c1cccc2cc([S+](C)[O-])ccc12. The van der Waals surface area contributed by atoms with Crippen molar-refractivity contribution in [3.63, 3.8) is 0 Å². The molecule has 0 amide bonds. The van der Waals surface area contributed by atoms with Crippen molar-refractivity contribution in [1.82, 2.24) is 0 Å². The molecule has 0 bridgehead atoms. The summed E-state index contributed by atoms with van der Waals surface area (Å²) in [6.07, 6.45) is 1.69. The zero-order chi connectivity index (χ0) is 10.1. The van der Waals surface area contributed by atoms with Gasteiger partial charge in [0.25, 0.3) is 0 Å². The van der Waals surface area contributed by atoms with Gasteiger partial charge in [-0.2, -0.15) is 0 Å². The molecule has 71 valence electrons. The van der Waals surface area contributed by atoms with Crippen molar-refractivity contribution in [3.05, 3.63) is 48.9 Å². The summed E-state index contributed by atoms with van der Waals surface area (Å²) in [5.41, 5.74) is 1.01. The van der Waals surface area contributed by atoms with Crippen molar-refractivity contribution < 1.29 is 4.55 Å². The second kappa shape index (κ2) is 3.64. The molecule has 1 nitrogen and oxygen atoms in total. The van der Waals surface area contributed by atoms with Gasteiger partial charge >= 0.3 is 0 Å². The van der Waals surface area contributed by atoms with E-state index in [0.717, 1.165) is 21.2 Å². The molecule has 0 heterocycles. The van der Waals surface area contributed by atoms with Gasteiger partial charge in [0, 0.05) is 6.07 Å². The fourth-order valence-electron chi connectivity index (χ4n) is 1.51. The van der Waals surface area contributed by atoms with E-state index in [-0.39, 0.29) is 0 Å². The Kier molecular flexibility index (Phi) is 2.48. The van der Waals surface area contributed by atoms with E-state index < -0.39 is 11.2 Å². The highest BCUT2D eigenvalue weighted by molar-refractivity contribution is 7.90. The van der Waals surface area contributed by atoms with Crippen LogP contribution in [0.3, 0.4) is 0 Å². The molecule has 2 aromatic rings. The second-order valence-corrected chi connectivity index (χ2v) is 4.63. The highest BCUT2D eigenvalue weighted by Crippen LogP contribution is 2.21. The van der Waals surface area contributed by atoms with Gasteiger partial charge in [-0.25, -0.2) is 0 Å². The molecule has 0 fully saturated rings. The van der Waals surface area contributed by atoms with Gasteiger partial charge in [0.1, 0.15) is 6.26 Å². The molecule has 2 aromatic carbocycles. The van der Waals surface area contributed by atoms with Crippen molar-refractivity contribution >= 4 is 21.9 Å². The lowest BCUT2D eigenvalue weighted by molar-refractivity contribution is 0.601. The third-order valence-corrected chi connectivity index (χ3v) is 3.19. The van der Waals surface area contributed by atoms with E-state index in [1.54, 1.807) is 6.26 Å². The van der Waals surface area contributed by atoms with Crippen LogP contribution in [-0.4, -0.2) is 10.8 Å². The average Bonchev–Trinajstić information content (AvgIpc) is 2.17. The fraction of sp³-hybridized carbons (Fsp3) is 0.0833. The monoisotopic (exact) mass is 203 g/mol. The Hall–Kier alpha value is -0.990. The summed E-state index contributed by atoms with van der Waals surface area (Å²) in [6.45, 7) is 3.95. The van der Waals surface area contributed by atoms with Crippen LogP contribution in [0.2, 0.25) is 0 Å². The smallest absolute Gasteiger partial charge is 0.153 e. The summed E-state index contributed by atoms with van der Waals surface area (Å²) < 4.78 is 11.3. The third kappa shape index (κ3) is 1.63. The van der Waals surface area contributed by atoms with Crippen molar-refractivity contribution in [2.75, 3.05) is 6.26 Å². The summed E-state index contributed by atoms with van der Waals surface area (Å²) in [6, 6.07) is 11.8. The van der Waals surface area contributed by atoms with Crippen molar-refractivity contribution in [2.45, 2.75) is 4.90 Å². The number of hydrogen-bond donors (Lipinski definition) is 0. The molecule has 1 atom stereocenters. The standard InChI is InChI=1S/C12H11OS/c1-9-4-3-5-10-8-11(14(2)13)6-7-12(9)10/h3-8H,1H2,2H3. The van der Waals surface area contributed by atoms with Crippen molar-refractivity contribution in [2.24, 2.45) is 0 Å². The molecule has 0 aliphatic carbocycles. The number of rotatable bonds is 1.